The molecule has 18 heavy (non-hydrogen) atoms. The third-order valence-corrected chi connectivity index (χ3v) is 2.40. The molecule has 0 radical (unpaired) electrons. The Hall–Kier alpha value is -1.99. The second-order valence-electron chi connectivity index (χ2n) is 3.77. The van der Waals surface area contributed by atoms with E-state index in [1.54, 1.807) is 6.92 Å². The van der Waals surface area contributed by atoms with E-state index in [9.17, 15) is 14.4 Å². The predicted molar refractivity (Wildman–Crippen MR) is 58.6 cm³/mol. The van der Waals surface area contributed by atoms with Crippen LogP contribution in [-0.4, -0.2) is 43.0 Å². The molecule has 0 aliphatic carbocycles. The Balaban J connectivity index is 2.61. The lowest BCUT2D eigenvalue weighted by Crippen LogP contribution is -2.42. The number of carbonyl (C=O) groups excluding carboxylic acids is 3. The topological polar surface area (TPSA) is 117 Å². The summed E-state index contributed by atoms with van der Waals surface area (Å²) < 4.78 is 14.4. The van der Waals surface area contributed by atoms with Crippen LogP contribution in [0.15, 0.2) is 0 Å². The number of nitrogens with one attached hydrogen (secondary N) is 1. The maximum absolute atomic E-state index is 11.3. The zero-order valence-electron chi connectivity index (χ0n) is 10.2. The first-order chi connectivity index (χ1) is 8.43. The van der Waals surface area contributed by atoms with E-state index >= 15 is 0 Å². The largest absolute Gasteiger partial charge is 0.466 e. The summed E-state index contributed by atoms with van der Waals surface area (Å²) in [5, 5.41) is 2.45. The van der Waals surface area contributed by atoms with Crippen LogP contribution in [-0.2, 0) is 19.0 Å². The third kappa shape index (κ3) is 3.79. The number of alkyl carbamates (subject to hydrolysis) is 1. The van der Waals surface area contributed by atoms with E-state index in [1.807, 2.05) is 0 Å². The Bertz CT molecular complexity index is 345. The molecule has 8 nitrogen and oxygen atoms in total. The highest BCUT2D eigenvalue weighted by atomic mass is 16.6. The van der Waals surface area contributed by atoms with Gasteiger partial charge >= 0.3 is 18.2 Å². The van der Waals surface area contributed by atoms with Crippen molar-refractivity contribution in [2.45, 2.75) is 38.5 Å². The molecule has 0 unspecified atom stereocenters. The second-order valence-corrected chi connectivity index (χ2v) is 3.77. The van der Waals surface area contributed by atoms with Gasteiger partial charge < -0.3 is 25.3 Å². The molecule has 1 aliphatic rings. The fraction of sp³-hybridized carbons (Fsp3) is 0.700. The molecule has 2 amide bonds. The molecule has 0 bridgehead atoms. The van der Waals surface area contributed by atoms with Gasteiger partial charge in [-0.15, -0.1) is 0 Å². The summed E-state index contributed by atoms with van der Waals surface area (Å²) in [6.07, 6.45) is -3.22. The monoisotopic (exact) mass is 260 g/mol. The van der Waals surface area contributed by atoms with Crippen molar-refractivity contribution in [2.75, 3.05) is 6.61 Å². The highest BCUT2D eigenvalue weighted by molar-refractivity contribution is 5.75. The van der Waals surface area contributed by atoms with Crippen LogP contribution < -0.4 is 11.1 Å². The normalized spacial score (nSPS) is 23.8. The van der Waals surface area contributed by atoms with Gasteiger partial charge in [-0.05, 0) is 13.8 Å². The SMILES string of the molecule is CCOC(=O)C[C@@H]1NC(=O)O[C@H]1[C@H](C)OC(N)=O. The van der Waals surface area contributed by atoms with Crippen molar-refractivity contribution in [2.24, 2.45) is 5.73 Å². The predicted octanol–water partition coefficient (Wildman–Crippen LogP) is -0.0996. The van der Waals surface area contributed by atoms with Crippen LogP contribution in [0.25, 0.3) is 0 Å². The first-order valence-electron chi connectivity index (χ1n) is 5.53. The Morgan fingerprint density at radius 1 is 1.56 bits per heavy atom. The number of ether oxygens (including phenoxy) is 3. The zero-order chi connectivity index (χ0) is 13.7. The van der Waals surface area contributed by atoms with E-state index in [1.165, 1.54) is 6.92 Å². The molecule has 0 saturated carbocycles. The van der Waals surface area contributed by atoms with Gasteiger partial charge in [0.05, 0.1) is 19.1 Å². The minimum absolute atomic E-state index is 0.0588. The number of rotatable bonds is 5. The minimum atomic E-state index is -0.972. The van der Waals surface area contributed by atoms with Crippen molar-refractivity contribution >= 4 is 18.2 Å². The van der Waals surface area contributed by atoms with Crippen molar-refractivity contribution in [3.63, 3.8) is 0 Å². The van der Waals surface area contributed by atoms with Gasteiger partial charge in [-0.3, -0.25) is 4.79 Å². The maximum atomic E-state index is 11.3. The Morgan fingerprint density at radius 3 is 2.78 bits per heavy atom. The van der Waals surface area contributed by atoms with Crippen molar-refractivity contribution in [3.8, 4) is 0 Å². The quantitative estimate of drug-likeness (QED) is 0.526. The van der Waals surface area contributed by atoms with Crippen LogP contribution in [0.5, 0.6) is 0 Å². The van der Waals surface area contributed by atoms with Gasteiger partial charge in [0, 0.05) is 0 Å². The van der Waals surface area contributed by atoms with Crippen LogP contribution in [0.1, 0.15) is 20.3 Å². The molecule has 8 heteroatoms. The first-order valence-corrected chi connectivity index (χ1v) is 5.53. The molecular weight excluding hydrogens is 244 g/mol. The van der Waals surface area contributed by atoms with Gasteiger partial charge in [0.1, 0.15) is 6.10 Å². The van der Waals surface area contributed by atoms with Gasteiger partial charge in [0.2, 0.25) is 0 Å². The van der Waals surface area contributed by atoms with E-state index in [4.69, 9.17) is 19.9 Å². The summed E-state index contributed by atoms with van der Waals surface area (Å²) in [5.74, 6) is -0.468. The van der Waals surface area contributed by atoms with E-state index in [0.717, 1.165) is 0 Å². The smallest absolute Gasteiger partial charge is 0.407 e. The van der Waals surface area contributed by atoms with Crippen LogP contribution in [0.3, 0.4) is 0 Å². The summed E-state index contributed by atoms with van der Waals surface area (Å²) in [5.41, 5.74) is 4.88. The number of hydrogen-bond acceptors (Lipinski definition) is 6. The third-order valence-electron chi connectivity index (χ3n) is 2.40. The van der Waals surface area contributed by atoms with Crippen molar-refractivity contribution < 1.29 is 28.6 Å². The number of hydrogen-bond donors (Lipinski definition) is 2. The van der Waals surface area contributed by atoms with E-state index in [0.29, 0.717) is 0 Å². The number of cyclic esters (lactones) is 1. The number of amides is 2. The fourth-order valence-electron chi connectivity index (χ4n) is 1.71. The Kier molecular flexibility index (Phi) is 4.75. The van der Waals surface area contributed by atoms with Crippen LogP contribution in [0.4, 0.5) is 9.59 Å². The Morgan fingerprint density at radius 2 is 2.22 bits per heavy atom. The lowest BCUT2D eigenvalue weighted by Gasteiger charge is -2.21. The van der Waals surface area contributed by atoms with Crippen molar-refractivity contribution in [1.82, 2.24) is 5.32 Å². The van der Waals surface area contributed by atoms with Gasteiger partial charge in [-0.25, -0.2) is 9.59 Å². The summed E-state index contributed by atoms with van der Waals surface area (Å²) in [6.45, 7) is 3.45. The van der Waals surface area contributed by atoms with Gasteiger partial charge in [0.25, 0.3) is 0 Å². The van der Waals surface area contributed by atoms with Crippen molar-refractivity contribution in [3.05, 3.63) is 0 Å². The summed E-state index contributed by atoms with van der Waals surface area (Å²) in [7, 11) is 0. The highest BCUT2D eigenvalue weighted by Crippen LogP contribution is 2.18. The van der Waals surface area contributed by atoms with Gasteiger partial charge in [-0.1, -0.05) is 0 Å². The van der Waals surface area contributed by atoms with E-state index in [-0.39, 0.29) is 13.0 Å². The number of nitrogens with two attached hydrogens (primary N) is 1. The standard InChI is InChI=1S/C10H16N2O6/c1-3-16-7(13)4-6-8(18-10(15)12-6)5(2)17-9(11)14/h5-6,8H,3-4H2,1-2H3,(H2,11,14)(H,12,15)/t5-,6-,8-/m0/s1. The number of primary amides is 1. The number of esters is 1. The second kappa shape index (κ2) is 6.08. The molecule has 0 spiro atoms. The minimum Gasteiger partial charge on any atom is -0.466 e. The molecule has 1 rings (SSSR count). The fourth-order valence-corrected chi connectivity index (χ4v) is 1.71. The van der Waals surface area contributed by atoms with Crippen LogP contribution in [0, 0.1) is 0 Å². The maximum Gasteiger partial charge on any atom is 0.407 e. The molecular formula is C10H16N2O6. The Labute approximate surface area is 104 Å². The number of carbonyl (C=O) groups is 3. The van der Waals surface area contributed by atoms with Crippen molar-refractivity contribution in [1.29, 1.82) is 0 Å². The first kappa shape index (κ1) is 14.1. The van der Waals surface area contributed by atoms with Gasteiger partial charge in [0.15, 0.2) is 6.10 Å². The molecule has 102 valence electrons. The molecule has 1 fully saturated rings. The molecule has 0 aromatic rings. The summed E-state index contributed by atoms with van der Waals surface area (Å²) in [4.78, 5) is 33.1. The van der Waals surface area contributed by atoms with Crippen LogP contribution >= 0.6 is 0 Å². The lowest BCUT2D eigenvalue weighted by molar-refractivity contribution is -0.144. The zero-order valence-corrected chi connectivity index (χ0v) is 10.2. The summed E-state index contributed by atoms with van der Waals surface area (Å²) in [6, 6.07) is -0.606. The highest BCUT2D eigenvalue weighted by Gasteiger charge is 2.40. The molecule has 1 aliphatic heterocycles. The molecule has 0 aromatic heterocycles. The molecule has 1 heterocycles. The molecule has 1 saturated heterocycles. The summed E-state index contributed by atoms with van der Waals surface area (Å²) >= 11 is 0. The van der Waals surface area contributed by atoms with Gasteiger partial charge in [-0.2, -0.15) is 0 Å². The molecule has 0 aromatic carbocycles. The molecule has 3 atom stereocenters. The van der Waals surface area contributed by atoms with E-state index in [2.05, 4.69) is 5.32 Å². The average molecular weight is 260 g/mol. The average Bonchev–Trinajstić information content (AvgIpc) is 2.58. The van der Waals surface area contributed by atoms with E-state index < -0.39 is 36.4 Å². The lowest BCUT2D eigenvalue weighted by atomic mass is 10.0. The molecule has 3 N–H and O–H groups in total. The van der Waals surface area contributed by atoms with Crippen LogP contribution in [0.2, 0.25) is 0 Å².